The number of hydrogen-bond acceptors (Lipinski definition) is 0. The van der Waals surface area contributed by atoms with Crippen molar-refractivity contribution < 1.29 is 0 Å². The quantitative estimate of drug-likeness (QED) is 0.456. The Labute approximate surface area is 59.9 Å². The smallest absolute Gasteiger partial charge is 0.00822 e. The van der Waals surface area contributed by atoms with Gasteiger partial charge in [-0.25, -0.2) is 0 Å². The summed E-state index contributed by atoms with van der Waals surface area (Å²) in [6.45, 7) is 4.46. The van der Waals surface area contributed by atoms with Crippen molar-refractivity contribution in [2.24, 2.45) is 0 Å². The van der Waals surface area contributed by atoms with E-state index >= 15 is 0 Å². The molecule has 1 atom stereocenters. The Morgan fingerprint density at radius 2 is 2.11 bits per heavy atom. The molecule has 0 aromatic rings. The summed E-state index contributed by atoms with van der Waals surface area (Å²) in [7, 11) is 0.576. The van der Waals surface area contributed by atoms with Gasteiger partial charge in [-0.1, -0.05) is 5.57 Å². The van der Waals surface area contributed by atoms with Crippen molar-refractivity contribution in [1.82, 2.24) is 0 Å². The van der Waals surface area contributed by atoms with Gasteiger partial charge in [-0.3, -0.25) is 0 Å². The highest BCUT2D eigenvalue weighted by Crippen LogP contribution is 2.21. The van der Waals surface area contributed by atoms with Crippen LogP contribution in [0.4, 0.5) is 0 Å². The summed E-state index contributed by atoms with van der Waals surface area (Å²) < 4.78 is 0. The van der Waals surface area contributed by atoms with Crippen LogP contribution in [-0.4, -0.2) is 17.4 Å². The highest BCUT2D eigenvalue weighted by atomic mass is 32.2. The third-order valence-electron chi connectivity index (χ3n) is 1.85. The molecule has 0 fully saturated rings. The lowest BCUT2D eigenvalue weighted by Crippen LogP contribution is -1.96. The van der Waals surface area contributed by atoms with E-state index in [2.05, 4.69) is 25.5 Å². The van der Waals surface area contributed by atoms with Gasteiger partial charge in [0.1, 0.15) is 0 Å². The van der Waals surface area contributed by atoms with Crippen LogP contribution in [0.25, 0.3) is 0 Å². The van der Waals surface area contributed by atoms with E-state index in [-0.39, 0.29) is 0 Å². The SMILES string of the molecule is CC1=C(C)CCS(C)=C1. The van der Waals surface area contributed by atoms with Crippen molar-refractivity contribution in [3.05, 3.63) is 11.1 Å². The molecule has 0 bridgehead atoms. The Kier molecular flexibility index (Phi) is 2.12. The van der Waals surface area contributed by atoms with Gasteiger partial charge in [0, 0.05) is 0 Å². The minimum absolute atomic E-state index is 0.576. The molecule has 0 aliphatic carbocycles. The standard InChI is InChI=1S/C8H14S/c1-7-4-5-9(3)6-8(7)2/h6H,4-5H2,1-3H3. The van der Waals surface area contributed by atoms with E-state index in [1.165, 1.54) is 17.7 Å². The Balaban J connectivity index is 2.83. The molecular weight excluding hydrogens is 128 g/mol. The number of rotatable bonds is 0. The molecule has 1 aliphatic rings. The van der Waals surface area contributed by atoms with E-state index in [4.69, 9.17) is 0 Å². The molecule has 1 heterocycles. The second-order valence-corrected chi connectivity index (χ2v) is 4.75. The molecule has 0 saturated heterocycles. The molecule has 0 amide bonds. The van der Waals surface area contributed by atoms with Gasteiger partial charge in [-0.05, 0) is 43.2 Å². The van der Waals surface area contributed by atoms with E-state index < -0.39 is 0 Å². The maximum absolute atomic E-state index is 2.40. The summed E-state index contributed by atoms with van der Waals surface area (Å²) in [5, 5.41) is 2.40. The van der Waals surface area contributed by atoms with Crippen LogP contribution in [0.15, 0.2) is 11.1 Å². The van der Waals surface area contributed by atoms with Crippen LogP contribution in [0.5, 0.6) is 0 Å². The topological polar surface area (TPSA) is 0 Å². The first-order valence-corrected chi connectivity index (χ1v) is 5.19. The predicted molar refractivity (Wildman–Crippen MR) is 47.4 cm³/mol. The van der Waals surface area contributed by atoms with Crippen molar-refractivity contribution in [2.75, 3.05) is 12.0 Å². The van der Waals surface area contributed by atoms with Gasteiger partial charge in [-0.2, -0.15) is 10.5 Å². The minimum Gasteiger partial charge on any atom is -0.188 e. The van der Waals surface area contributed by atoms with Crippen LogP contribution >= 0.6 is 10.5 Å². The first kappa shape index (κ1) is 7.07. The Morgan fingerprint density at radius 3 is 2.56 bits per heavy atom. The van der Waals surface area contributed by atoms with Gasteiger partial charge in [0.2, 0.25) is 0 Å². The largest absolute Gasteiger partial charge is 0.188 e. The minimum atomic E-state index is 0.576. The van der Waals surface area contributed by atoms with Crippen LogP contribution in [0.3, 0.4) is 0 Å². The Hall–Kier alpha value is -0.0400. The molecule has 0 aromatic heterocycles. The van der Waals surface area contributed by atoms with Gasteiger partial charge < -0.3 is 0 Å². The second-order valence-electron chi connectivity index (χ2n) is 2.73. The van der Waals surface area contributed by atoms with Crippen LogP contribution in [0.2, 0.25) is 0 Å². The summed E-state index contributed by atoms with van der Waals surface area (Å²) >= 11 is 0. The van der Waals surface area contributed by atoms with Crippen LogP contribution in [-0.2, 0) is 0 Å². The molecule has 1 rings (SSSR count). The average molecular weight is 142 g/mol. The molecule has 0 N–H and O–H groups in total. The number of hydrogen-bond donors (Lipinski definition) is 0. The van der Waals surface area contributed by atoms with Gasteiger partial charge in [0.05, 0.1) is 0 Å². The maximum Gasteiger partial charge on any atom is -0.00822 e. The predicted octanol–water partition coefficient (Wildman–Crippen LogP) is 2.43. The first-order valence-electron chi connectivity index (χ1n) is 3.32. The van der Waals surface area contributed by atoms with Crippen LogP contribution in [0.1, 0.15) is 20.3 Å². The highest BCUT2D eigenvalue weighted by molar-refractivity contribution is 8.14. The monoisotopic (exact) mass is 142 g/mol. The fraction of sp³-hybridized carbons (Fsp3) is 0.625. The van der Waals surface area contributed by atoms with E-state index in [0.717, 1.165) is 0 Å². The molecule has 0 saturated carbocycles. The number of allylic oxidation sites excluding steroid dienone is 2. The fourth-order valence-electron chi connectivity index (χ4n) is 0.973. The molecule has 1 aliphatic heterocycles. The van der Waals surface area contributed by atoms with Crippen LogP contribution < -0.4 is 0 Å². The van der Waals surface area contributed by atoms with Crippen molar-refractivity contribution in [1.29, 1.82) is 0 Å². The first-order chi connectivity index (χ1) is 4.20. The Morgan fingerprint density at radius 1 is 1.44 bits per heavy atom. The third-order valence-corrected chi connectivity index (χ3v) is 3.45. The van der Waals surface area contributed by atoms with E-state index in [1.807, 2.05) is 0 Å². The van der Waals surface area contributed by atoms with E-state index in [1.54, 1.807) is 5.57 Å². The molecule has 1 unspecified atom stereocenters. The summed E-state index contributed by atoms with van der Waals surface area (Å²) in [4.78, 5) is 0. The van der Waals surface area contributed by atoms with Gasteiger partial charge in [-0.15, -0.1) is 0 Å². The zero-order chi connectivity index (χ0) is 6.85. The zero-order valence-corrected chi connectivity index (χ0v) is 7.22. The molecule has 1 heteroatoms. The molecule has 52 valence electrons. The zero-order valence-electron chi connectivity index (χ0n) is 6.40. The van der Waals surface area contributed by atoms with Gasteiger partial charge in [0.15, 0.2) is 0 Å². The average Bonchev–Trinajstić information content (AvgIpc) is 1.80. The van der Waals surface area contributed by atoms with Crippen molar-refractivity contribution in [3.63, 3.8) is 0 Å². The summed E-state index contributed by atoms with van der Waals surface area (Å²) in [5.74, 6) is 1.38. The van der Waals surface area contributed by atoms with Gasteiger partial charge >= 0.3 is 0 Å². The lowest BCUT2D eigenvalue weighted by atomic mass is 10.1. The lowest BCUT2D eigenvalue weighted by Gasteiger charge is -2.12. The Bertz CT molecular complexity index is 175. The van der Waals surface area contributed by atoms with E-state index in [9.17, 15) is 0 Å². The summed E-state index contributed by atoms with van der Waals surface area (Å²) in [5.41, 5.74) is 3.10. The lowest BCUT2D eigenvalue weighted by molar-refractivity contribution is 1.09. The normalized spacial score (nSPS) is 28.1. The molecule has 0 aromatic carbocycles. The fourth-order valence-corrected chi connectivity index (χ4v) is 2.52. The maximum atomic E-state index is 2.40. The molecule has 0 radical (unpaired) electrons. The van der Waals surface area contributed by atoms with Crippen molar-refractivity contribution in [3.8, 4) is 0 Å². The summed E-state index contributed by atoms with van der Waals surface area (Å²) in [6, 6.07) is 0. The van der Waals surface area contributed by atoms with Crippen molar-refractivity contribution in [2.45, 2.75) is 20.3 Å². The van der Waals surface area contributed by atoms with Gasteiger partial charge in [0.25, 0.3) is 0 Å². The second kappa shape index (κ2) is 2.70. The van der Waals surface area contributed by atoms with Crippen LogP contribution in [0, 0.1) is 0 Å². The highest BCUT2D eigenvalue weighted by Gasteiger charge is 2.01. The molecule has 9 heavy (non-hydrogen) atoms. The molecular formula is C8H14S. The molecule has 0 spiro atoms. The summed E-state index contributed by atoms with van der Waals surface area (Å²) in [6.07, 6.45) is 3.64. The van der Waals surface area contributed by atoms with Crippen molar-refractivity contribution >= 4 is 15.9 Å². The third kappa shape index (κ3) is 1.68. The molecule has 0 nitrogen and oxygen atoms in total. The van der Waals surface area contributed by atoms with E-state index in [0.29, 0.717) is 10.5 Å².